The van der Waals surface area contributed by atoms with Crippen LogP contribution in [0.5, 0.6) is 0 Å². The van der Waals surface area contributed by atoms with Crippen LogP contribution in [0.1, 0.15) is 6.92 Å². The number of hydrogen-bond donors (Lipinski definition) is 2. The molecule has 3 unspecified atom stereocenters. The lowest BCUT2D eigenvalue weighted by Crippen LogP contribution is -2.55. The fraction of sp³-hybridized carbons (Fsp3) is 0.500. The van der Waals surface area contributed by atoms with Gasteiger partial charge in [-0.15, -0.1) is 6.42 Å². The molecule has 0 bridgehead atoms. The van der Waals surface area contributed by atoms with E-state index in [4.69, 9.17) is 26.4 Å². The number of carbonyl (C=O) groups excluding carboxylic acids is 3. The lowest BCUT2D eigenvalue weighted by atomic mass is 9.83. The van der Waals surface area contributed by atoms with E-state index >= 15 is 0 Å². The minimum absolute atomic E-state index is 0.0755. The molecule has 0 radical (unpaired) electrons. The first kappa shape index (κ1) is 17.6. The van der Waals surface area contributed by atoms with Crippen molar-refractivity contribution in [3.63, 3.8) is 0 Å². The summed E-state index contributed by atoms with van der Waals surface area (Å²) in [5, 5.41) is 3.29. The van der Waals surface area contributed by atoms with E-state index in [0.717, 1.165) is 0 Å². The molecule has 4 atom stereocenters. The van der Waals surface area contributed by atoms with Gasteiger partial charge in [0.1, 0.15) is 13.2 Å². The molecule has 1 aliphatic carbocycles. The van der Waals surface area contributed by atoms with Gasteiger partial charge in [-0.25, -0.2) is 4.79 Å². The molecule has 2 saturated heterocycles. The number of nitrogens with two attached hydrogens (primary N) is 1. The highest BCUT2D eigenvalue weighted by Crippen LogP contribution is 2.55. The van der Waals surface area contributed by atoms with Crippen molar-refractivity contribution in [3.05, 3.63) is 22.6 Å². The monoisotopic (exact) mass is 373 g/mol. The van der Waals surface area contributed by atoms with Gasteiger partial charge in [0, 0.05) is 30.8 Å². The summed E-state index contributed by atoms with van der Waals surface area (Å²) >= 11 is 0. The maximum Gasteiger partial charge on any atom is 0.404 e. The predicted molar refractivity (Wildman–Crippen MR) is 90.7 cm³/mol. The van der Waals surface area contributed by atoms with E-state index in [2.05, 4.69) is 11.2 Å². The Hall–Kier alpha value is -2.83. The first-order valence-corrected chi connectivity index (χ1v) is 8.50. The summed E-state index contributed by atoms with van der Waals surface area (Å²) in [4.78, 5) is 39.3. The number of ketones is 2. The van der Waals surface area contributed by atoms with E-state index in [9.17, 15) is 14.4 Å². The Labute approximate surface area is 155 Å². The Morgan fingerprint density at radius 1 is 1.44 bits per heavy atom. The van der Waals surface area contributed by atoms with Crippen LogP contribution in [0, 0.1) is 18.3 Å². The van der Waals surface area contributed by atoms with Gasteiger partial charge in [0.2, 0.25) is 11.6 Å². The van der Waals surface area contributed by atoms with Crippen molar-refractivity contribution in [1.82, 2.24) is 10.2 Å². The van der Waals surface area contributed by atoms with E-state index in [1.54, 1.807) is 0 Å². The Morgan fingerprint density at radius 3 is 2.81 bits per heavy atom. The highest BCUT2D eigenvalue weighted by Gasteiger charge is 2.72. The molecule has 3 N–H and O–H groups in total. The smallest absolute Gasteiger partial charge is 0.404 e. The Balaban J connectivity index is 1.80. The average Bonchev–Trinajstić information content (AvgIpc) is 3.24. The number of nitrogens with one attached hydrogen (secondary N) is 1. The molecule has 0 aromatic rings. The summed E-state index contributed by atoms with van der Waals surface area (Å²) in [6.45, 7) is 1.72. The maximum atomic E-state index is 13.2. The number of terminal acetylenes is 1. The molecule has 4 aliphatic rings. The standard InChI is InChI=1S/C18H19N3O6/c1-4-5-26-15-8(2)13(22)12-11(14(15)23)9(7-27-17(19)24)18(25-3)16-10(20-16)6-21(12)18/h1,9-10,16,20H,5-7H2,2-3H3,(H2,19,24)/t9?,10?,16?,18-/m1/s1. The van der Waals surface area contributed by atoms with E-state index < -0.39 is 23.5 Å². The minimum Gasteiger partial charge on any atom is -0.476 e. The number of carbonyl (C=O) groups is 3. The topological polar surface area (TPSA) is 130 Å². The molecule has 0 spiro atoms. The molecular weight excluding hydrogens is 354 g/mol. The van der Waals surface area contributed by atoms with Gasteiger partial charge in [0.25, 0.3) is 0 Å². The lowest BCUT2D eigenvalue weighted by molar-refractivity contribution is -0.137. The third-order valence-corrected chi connectivity index (χ3v) is 5.67. The zero-order valence-electron chi connectivity index (χ0n) is 14.9. The van der Waals surface area contributed by atoms with Crippen molar-refractivity contribution < 1.29 is 28.6 Å². The Morgan fingerprint density at radius 2 is 2.19 bits per heavy atom. The summed E-state index contributed by atoms with van der Waals surface area (Å²) < 4.78 is 16.2. The maximum absolute atomic E-state index is 13.2. The molecule has 0 saturated carbocycles. The Kier molecular flexibility index (Phi) is 3.80. The van der Waals surface area contributed by atoms with Gasteiger partial charge < -0.3 is 30.2 Å². The summed E-state index contributed by atoms with van der Waals surface area (Å²) in [5.41, 5.74) is 4.82. The van der Waals surface area contributed by atoms with Crippen molar-refractivity contribution in [2.75, 3.05) is 26.9 Å². The Bertz CT molecular complexity index is 869. The fourth-order valence-electron chi connectivity index (χ4n) is 4.56. The third kappa shape index (κ3) is 2.17. The van der Waals surface area contributed by atoms with Gasteiger partial charge in [0.15, 0.2) is 11.5 Å². The zero-order chi connectivity index (χ0) is 19.5. The molecule has 0 aromatic carbocycles. The van der Waals surface area contributed by atoms with Gasteiger partial charge in [-0.3, -0.25) is 9.59 Å². The first-order valence-electron chi connectivity index (χ1n) is 8.50. The van der Waals surface area contributed by atoms with Crippen molar-refractivity contribution in [2.45, 2.75) is 24.7 Å². The number of Topliss-reactive ketones (excluding diaryl/α,β-unsaturated/α-hetero) is 2. The number of methoxy groups -OCH3 is 1. The number of nitrogens with zero attached hydrogens (tertiary/aromatic N) is 1. The number of primary amides is 1. The van der Waals surface area contributed by atoms with E-state index in [1.165, 1.54) is 14.0 Å². The average molecular weight is 373 g/mol. The zero-order valence-corrected chi connectivity index (χ0v) is 14.9. The summed E-state index contributed by atoms with van der Waals surface area (Å²) in [6, 6.07) is 0.0481. The van der Waals surface area contributed by atoms with Gasteiger partial charge in [-0.1, -0.05) is 5.92 Å². The van der Waals surface area contributed by atoms with Crippen molar-refractivity contribution in [3.8, 4) is 12.3 Å². The van der Waals surface area contributed by atoms with Crippen LogP contribution in [-0.2, 0) is 23.8 Å². The molecule has 1 amide bonds. The third-order valence-electron chi connectivity index (χ3n) is 5.67. The molecule has 9 nitrogen and oxygen atoms in total. The molecule has 2 fully saturated rings. The quantitative estimate of drug-likeness (QED) is 0.358. The molecule has 0 aromatic heterocycles. The highest BCUT2D eigenvalue weighted by molar-refractivity contribution is 6.25. The van der Waals surface area contributed by atoms with E-state index in [-0.39, 0.29) is 53.7 Å². The summed E-state index contributed by atoms with van der Waals surface area (Å²) in [6.07, 6.45) is 4.25. The molecule has 3 heterocycles. The highest BCUT2D eigenvalue weighted by atomic mass is 16.6. The van der Waals surface area contributed by atoms with E-state index in [1.807, 2.05) is 4.90 Å². The SMILES string of the molecule is C#CCOC1=C(C)C(=O)C2=C(C1=O)C(COC(N)=O)[C@@]1(OC)C3NC3CN21. The van der Waals surface area contributed by atoms with Crippen LogP contribution in [0.25, 0.3) is 0 Å². The van der Waals surface area contributed by atoms with Gasteiger partial charge in [-0.2, -0.15) is 0 Å². The van der Waals surface area contributed by atoms with Crippen LogP contribution in [0.3, 0.4) is 0 Å². The number of amides is 1. The van der Waals surface area contributed by atoms with Gasteiger partial charge in [-0.05, 0) is 6.92 Å². The van der Waals surface area contributed by atoms with Crippen molar-refractivity contribution in [2.24, 2.45) is 11.7 Å². The van der Waals surface area contributed by atoms with Crippen LogP contribution in [0.4, 0.5) is 4.79 Å². The molecule has 3 aliphatic heterocycles. The molecule has 9 heteroatoms. The van der Waals surface area contributed by atoms with Gasteiger partial charge >= 0.3 is 6.09 Å². The van der Waals surface area contributed by atoms with Crippen LogP contribution in [0.2, 0.25) is 0 Å². The number of fused-ring (bicyclic) bond motifs is 4. The summed E-state index contributed by atoms with van der Waals surface area (Å²) in [5.74, 6) is 0.757. The summed E-state index contributed by atoms with van der Waals surface area (Å²) in [7, 11) is 1.51. The number of ether oxygens (including phenoxy) is 3. The number of rotatable bonds is 5. The first-order chi connectivity index (χ1) is 12.9. The van der Waals surface area contributed by atoms with Crippen LogP contribution < -0.4 is 11.1 Å². The fourth-order valence-corrected chi connectivity index (χ4v) is 4.56. The number of hydrogen-bond acceptors (Lipinski definition) is 8. The van der Waals surface area contributed by atoms with Crippen LogP contribution >= 0.6 is 0 Å². The predicted octanol–water partition coefficient (Wildman–Crippen LogP) is -0.960. The normalized spacial score (nSPS) is 33.5. The number of piperazine rings is 1. The van der Waals surface area contributed by atoms with Crippen molar-refractivity contribution >= 4 is 17.7 Å². The molecule has 27 heavy (non-hydrogen) atoms. The molecule has 4 rings (SSSR count). The second kappa shape index (κ2) is 5.84. The van der Waals surface area contributed by atoms with Crippen molar-refractivity contribution in [1.29, 1.82) is 0 Å². The number of allylic oxidation sites excluding steroid dienone is 2. The lowest BCUT2D eigenvalue weighted by Gasteiger charge is -2.39. The molecule has 142 valence electrons. The van der Waals surface area contributed by atoms with E-state index in [0.29, 0.717) is 6.54 Å². The van der Waals surface area contributed by atoms with Crippen LogP contribution in [0.15, 0.2) is 22.6 Å². The second-order valence-corrected chi connectivity index (χ2v) is 6.87. The second-order valence-electron chi connectivity index (χ2n) is 6.87. The van der Waals surface area contributed by atoms with Gasteiger partial charge in [0.05, 0.1) is 17.7 Å². The van der Waals surface area contributed by atoms with Crippen LogP contribution in [-0.4, -0.2) is 67.2 Å². The minimum atomic E-state index is -1.00. The molecular formula is C18H19N3O6. The largest absolute Gasteiger partial charge is 0.476 e.